The van der Waals surface area contributed by atoms with Gasteiger partial charge in [0.25, 0.3) is 5.91 Å². The Bertz CT molecular complexity index is 1020. The first kappa shape index (κ1) is 21.8. The molecule has 0 aliphatic carbocycles. The van der Waals surface area contributed by atoms with Crippen molar-refractivity contribution in [2.24, 2.45) is 0 Å². The van der Waals surface area contributed by atoms with Gasteiger partial charge < -0.3 is 20.3 Å². The molecule has 1 atom stereocenters. The van der Waals surface area contributed by atoms with E-state index in [0.29, 0.717) is 35.5 Å². The number of ether oxygens (including phenoxy) is 1. The van der Waals surface area contributed by atoms with E-state index in [2.05, 4.69) is 10.6 Å². The van der Waals surface area contributed by atoms with Crippen molar-refractivity contribution in [2.75, 3.05) is 44.2 Å². The molecule has 0 aromatic heterocycles. The third kappa shape index (κ3) is 4.72. The van der Waals surface area contributed by atoms with Gasteiger partial charge in [0.05, 0.1) is 18.8 Å². The topological polar surface area (TPSA) is 91.0 Å². The van der Waals surface area contributed by atoms with Crippen molar-refractivity contribution >= 4 is 23.6 Å². The Morgan fingerprint density at radius 3 is 2.53 bits per heavy atom. The molecule has 2 aromatic carbocycles. The lowest BCUT2D eigenvalue weighted by Crippen LogP contribution is -2.46. The van der Waals surface area contributed by atoms with Gasteiger partial charge in [0, 0.05) is 44.2 Å². The van der Waals surface area contributed by atoms with Crippen LogP contribution in [0, 0.1) is 5.82 Å². The van der Waals surface area contributed by atoms with Crippen molar-refractivity contribution in [1.29, 1.82) is 0 Å². The Morgan fingerprint density at radius 1 is 1.16 bits per heavy atom. The molecule has 9 heteroatoms. The number of cyclic esters (lactones) is 1. The maximum absolute atomic E-state index is 14.9. The largest absolute Gasteiger partial charge is 0.442 e. The molecule has 2 heterocycles. The lowest BCUT2D eigenvalue weighted by molar-refractivity contribution is -0.119. The van der Waals surface area contributed by atoms with E-state index >= 15 is 0 Å². The summed E-state index contributed by atoms with van der Waals surface area (Å²) in [6, 6.07) is 11.4. The van der Waals surface area contributed by atoms with Crippen molar-refractivity contribution in [2.45, 2.75) is 13.0 Å². The second-order valence-corrected chi connectivity index (χ2v) is 7.84. The molecule has 2 aliphatic heterocycles. The fourth-order valence-corrected chi connectivity index (χ4v) is 3.85. The number of carbonyl (C=O) groups is 3. The molecule has 2 fully saturated rings. The summed E-state index contributed by atoms with van der Waals surface area (Å²) in [6.45, 7) is 4.70. The predicted molar refractivity (Wildman–Crippen MR) is 117 cm³/mol. The Labute approximate surface area is 185 Å². The van der Waals surface area contributed by atoms with Gasteiger partial charge in [0.1, 0.15) is 11.9 Å². The Morgan fingerprint density at radius 2 is 1.88 bits per heavy atom. The van der Waals surface area contributed by atoms with Crippen molar-refractivity contribution < 1.29 is 23.5 Å². The van der Waals surface area contributed by atoms with Gasteiger partial charge in [0.15, 0.2) is 0 Å². The molecule has 3 amide bonds. The van der Waals surface area contributed by atoms with E-state index < -0.39 is 18.0 Å². The zero-order chi connectivity index (χ0) is 22.7. The zero-order valence-corrected chi connectivity index (χ0v) is 17.8. The van der Waals surface area contributed by atoms with Gasteiger partial charge in [-0.3, -0.25) is 14.5 Å². The van der Waals surface area contributed by atoms with E-state index in [1.54, 1.807) is 41.3 Å². The van der Waals surface area contributed by atoms with E-state index in [4.69, 9.17) is 4.74 Å². The van der Waals surface area contributed by atoms with Crippen LogP contribution in [0.25, 0.3) is 11.1 Å². The number of rotatable bonds is 5. The number of benzene rings is 2. The summed E-state index contributed by atoms with van der Waals surface area (Å²) in [6.07, 6.45) is -1.07. The number of piperazine rings is 1. The number of carbonyl (C=O) groups excluding carboxylic acids is 3. The molecular weight excluding hydrogens is 415 g/mol. The molecular formula is C23H25FN4O4. The number of halogens is 1. The summed E-state index contributed by atoms with van der Waals surface area (Å²) >= 11 is 0. The van der Waals surface area contributed by atoms with Gasteiger partial charge in [-0.05, 0) is 35.9 Å². The molecule has 0 unspecified atom stereocenters. The fraction of sp³-hybridized carbons (Fsp3) is 0.348. The van der Waals surface area contributed by atoms with Crippen LogP contribution in [-0.4, -0.2) is 68.2 Å². The summed E-state index contributed by atoms with van der Waals surface area (Å²) in [5, 5.41) is 5.82. The molecule has 4 rings (SSSR count). The SMILES string of the molecule is CC(=O)NC[C@H]1CN(c2ccc(-c3ccc(C(=O)N4CCNCC4)cc3)c(F)c2)C(=O)O1. The molecule has 8 nitrogen and oxygen atoms in total. The van der Waals surface area contributed by atoms with Crippen LogP contribution < -0.4 is 15.5 Å². The normalized spacial score (nSPS) is 18.4. The minimum absolute atomic E-state index is 0.0322. The highest BCUT2D eigenvalue weighted by Crippen LogP contribution is 2.29. The maximum Gasteiger partial charge on any atom is 0.414 e. The summed E-state index contributed by atoms with van der Waals surface area (Å²) in [4.78, 5) is 38.9. The van der Waals surface area contributed by atoms with E-state index in [1.165, 1.54) is 17.9 Å². The van der Waals surface area contributed by atoms with Crippen LogP contribution >= 0.6 is 0 Å². The van der Waals surface area contributed by atoms with Gasteiger partial charge in [-0.25, -0.2) is 9.18 Å². The minimum Gasteiger partial charge on any atom is -0.442 e. The predicted octanol–water partition coefficient (Wildman–Crippen LogP) is 2.00. The van der Waals surface area contributed by atoms with Crippen molar-refractivity contribution in [3.63, 3.8) is 0 Å². The average molecular weight is 440 g/mol. The molecule has 0 spiro atoms. The highest BCUT2D eigenvalue weighted by molar-refractivity contribution is 5.95. The molecule has 0 radical (unpaired) electrons. The first-order chi connectivity index (χ1) is 15.4. The quantitative estimate of drug-likeness (QED) is 0.742. The van der Waals surface area contributed by atoms with Gasteiger partial charge in [0.2, 0.25) is 5.91 Å². The molecule has 168 valence electrons. The van der Waals surface area contributed by atoms with Crippen molar-refractivity contribution in [3.8, 4) is 11.1 Å². The smallest absolute Gasteiger partial charge is 0.414 e. The Kier molecular flexibility index (Phi) is 6.36. The molecule has 2 N–H and O–H groups in total. The van der Waals surface area contributed by atoms with Gasteiger partial charge in [-0.15, -0.1) is 0 Å². The second-order valence-electron chi connectivity index (χ2n) is 7.84. The van der Waals surface area contributed by atoms with Gasteiger partial charge >= 0.3 is 6.09 Å². The Hall–Kier alpha value is -3.46. The fourth-order valence-electron chi connectivity index (χ4n) is 3.85. The van der Waals surface area contributed by atoms with Crippen LogP contribution in [-0.2, 0) is 9.53 Å². The second kappa shape index (κ2) is 9.35. The van der Waals surface area contributed by atoms with Crippen LogP contribution in [0.2, 0.25) is 0 Å². The summed E-state index contributed by atoms with van der Waals surface area (Å²) in [5.41, 5.74) is 1.96. The highest BCUT2D eigenvalue weighted by Gasteiger charge is 2.32. The summed E-state index contributed by atoms with van der Waals surface area (Å²) in [5.74, 6) is -0.729. The van der Waals surface area contributed by atoms with E-state index in [-0.39, 0.29) is 24.9 Å². The number of anilines is 1. The zero-order valence-electron chi connectivity index (χ0n) is 17.8. The van der Waals surface area contributed by atoms with Crippen LogP contribution in [0.4, 0.5) is 14.9 Å². The standard InChI is InChI=1S/C23H25FN4O4/c1-15(29)26-13-19-14-28(23(31)32-19)18-6-7-20(21(24)12-18)16-2-4-17(5-3-16)22(30)27-10-8-25-9-11-27/h2-7,12,19,25H,8-11,13-14H2,1H3,(H,26,29)/t19-/m0/s1. The number of amides is 3. The maximum atomic E-state index is 14.9. The molecule has 2 saturated heterocycles. The monoisotopic (exact) mass is 440 g/mol. The first-order valence-electron chi connectivity index (χ1n) is 10.5. The number of hydrogen-bond donors (Lipinski definition) is 2. The van der Waals surface area contributed by atoms with Crippen LogP contribution in [0.1, 0.15) is 17.3 Å². The molecule has 0 saturated carbocycles. The third-order valence-corrected chi connectivity index (χ3v) is 5.56. The molecule has 2 aliphatic rings. The van der Waals surface area contributed by atoms with Gasteiger partial charge in [-0.2, -0.15) is 0 Å². The number of nitrogens with one attached hydrogen (secondary N) is 2. The first-order valence-corrected chi connectivity index (χ1v) is 10.5. The van der Waals surface area contributed by atoms with Crippen molar-refractivity contribution in [3.05, 3.63) is 53.8 Å². The van der Waals surface area contributed by atoms with Crippen molar-refractivity contribution in [1.82, 2.24) is 15.5 Å². The summed E-state index contributed by atoms with van der Waals surface area (Å²) in [7, 11) is 0. The van der Waals surface area contributed by atoms with E-state index in [9.17, 15) is 18.8 Å². The van der Waals surface area contributed by atoms with E-state index in [0.717, 1.165) is 13.1 Å². The average Bonchev–Trinajstić information content (AvgIpc) is 3.18. The Balaban J connectivity index is 1.46. The minimum atomic E-state index is -0.580. The molecule has 32 heavy (non-hydrogen) atoms. The lowest BCUT2D eigenvalue weighted by Gasteiger charge is -2.27. The highest BCUT2D eigenvalue weighted by atomic mass is 19.1. The molecule has 2 aromatic rings. The lowest BCUT2D eigenvalue weighted by atomic mass is 10.0. The summed E-state index contributed by atoms with van der Waals surface area (Å²) < 4.78 is 20.1. The van der Waals surface area contributed by atoms with Crippen LogP contribution in [0.3, 0.4) is 0 Å². The van der Waals surface area contributed by atoms with Crippen LogP contribution in [0.5, 0.6) is 0 Å². The molecule has 0 bridgehead atoms. The number of nitrogens with zero attached hydrogens (tertiary/aromatic N) is 2. The van der Waals surface area contributed by atoms with E-state index in [1.807, 2.05) is 0 Å². The number of hydrogen-bond acceptors (Lipinski definition) is 5. The van der Waals surface area contributed by atoms with Crippen LogP contribution in [0.15, 0.2) is 42.5 Å². The van der Waals surface area contributed by atoms with Gasteiger partial charge in [-0.1, -0.05) is 12.1 Å². The third-order valence-electron chi connectivity index (χ3n) is 5.56.